The molecule has 1 saturated heterocycles. The van der Waals surface area contributed by atoms with E-state index in [0.29, 0.717) is 12.8 Å². The van der Waals surface area contributed by atoms with Crippen LogP contribution in [-0.2, 0) is 28.4 Å². The van der Waals surface area contributed by atoms with E-state index >= 15 is 0 Å². The van der Waals surface area contributed by atoms with Gasteiger partial charge in [0.15, 0.2) is 24.6 Å². The predicted molar refractivity (Wildman–Crippen MR) is 187 cm³/mol. The zero-order chi connectivity index (χ0) is 36.2. The first-order chi connectivity index (χ1) is 24.6. The highest BCUT2D eigenvalue weighted by molar-refractivity contribution is 5.91. The van der Waals surface area contributed by atoms with Crippen LogP contribution in [-0.4, -0.2) is 66.8 Å². The quantitative estimate of drug-likeness (QED) is 0.0775. The molecule has 0 saturated carbocycles. The molecule has 0 unspecified atom stereocenters. The summed E-state index contributed by atoms with van der Waals surface area (Å²) < 4.78 is 36.8. The lowest BCUT2D eigenvalue weighted by Gasteiger charge is -2.46. The van der Waals surface area contributed by atoms with Crippen LogP contribution in [0, 0.1) is 0 Å². The van der Waals surface area contributed by atoms with Crippen molar-refractivity contribution in [1.82, 2.24) is 0 Å². The maximum Gasteiger partial charge on any atom is 0.338 e. The third kappa shape index (κ3) is 10.00. The van der Waals surface area contributed by atoms with E-state index in [1.165, 1.54) is 0 Å². The summed E-state index contributed by atoms with van der Waals surface area (Å²) in [6.07, 6.45) is -4.17. The molecular formula is C41H40O10. The molecule has 0 N–H and O–H groups in total. The van der Waals surface area contributed by atoms with Crippen molar-refractivity contribution in [3.8, 4) is 0 Å². The summed E-state index contributed by atoms with van der Waals surface area (Å²) in [5.74, 6) is -2.98. The topological polar surface area (TPSA) is 124 Å². The highest BCUT2D eigenvalue weighted by Crippen LogP contribution is 2.34. The normalized spacial score (nSPS) is 20.0. The predicted octanol–water partition coefficient (Wildman–Crippen LogP) is 7.01. The maximum atomic E-state index is 13.7. The van der Waals surface area contributed by atoms with Crippen LogP contribution in [0.5, 0.6) is 0 Å². The molecule has 10 heteroatoms. The number of carbonyl (C=O) groups is 4. The first-order valence-corrected chi connectivity index (χ1v) is 16.6. The van der Waals surface area contributed by atoms with Crippen LogP contribution in [0.15, 0.2) is 134 Å². The number of hydrogen-bond donors (Lipinski definition) is 0. The number of benzene rings is 4. The summed E-state index contributed by atoms with van der Waals surface area (Å²) >= 11 is 0. The van der Waals surface area contributed by atoms with Gasteiger partial charge in [-0.15, -0.1) is 6.58 Å². The molecule has 0 radical (unpaired) electrons. The van der Waals surface area contributed by atoms with Crippen molar-refractivity contribution < 1.29 is 47.6 Å². The van der Waals surface area contributed by atoms with Gasteiger partial charge in [0, 0.05) is 0 Å². The van der Waals surface area contributed by atoms with Crippen LogP contribution in [0.3, 0.4) is 0 Å². The first-order valence-electron chi connectivity index (χ1n) is 16.6. The lowest BCUT2D eigenvalue weighted by molar-refractivity contribution is -0.320. The summed E-state index contributed by atoms with van der Waals surface area (Å²) in [5.41, 5.74) is 0.0232. The summed E-state index contributed by atoms with van der Waals surface area (Å²) in [7, 11) is 0. The van der Waals surface area contributed by atoms with Crippen molar-refractivity contribution in [2.45, 2.75) is 63.0 Å². The van der Waals surface area contributed by atoms with Crippen LogP contribution in [0.2, 0.25) is 0 Å². The molecular weight excluding hydrogens is 652 g/mol. The van der Waals surface area contributed by atoms with Gasteiger partial charge in [0.25, 0.3) is 0 Å². The Labute approximate surface area is 296 Å². The minimum Gasteiger partial charge on any atom is -0.459 e. The average molecular weight is 693 g/mol. The largest absolute Gasteiger partial charge is 0.459 e. The molecule has 0 amide bonds. The zero-order valence-corrected chi connectivity index (χ0v) is 28.4. The summed E-state index contributed by atoms with van der Waals surface area (Å²) in [4.78, 5) is 54.1. The molecule has 51 heavy (non-hydrogen) atoms. The second-order valence-corrected chi connectivity index (χ2v) is 12.4. The minimum atomic E-state index is -1.49. The van der Waals surface area contributed by atoms with E-state index in [4.69, 9.17) is 28.4 Å². The van der Waals surface area contributed by atoms with Gasteiger partial charge in [0.05, 0.1) is 27.9 Å². The Morgan fingerprint density at radius 1 is 0.608 bits per heavy atom. The number of hydrogen-bond acceptors (Lipinski definition) is 10. The van der Waals surface area contributed by atoms with Gasteiger partial charge in [-0.1, -0.05) is 78.9 Å². The molecule has 264 valence electrons. The monoisotopic (exact) mass is 692 g/mol. The van der Waals surface area contributed by atoms with Crippen molar-refractivity contribution >= 4 is 23.9 Å². The van der Waals surface area contributed by atoms with E-state index in [2.05, 4.69) is 6.58 Å². The zero-order valence-electron chi connectivity index (χ0n) is 28.4. The number of allylic oxidation sites excluding steroid dienone is 1. The molecule has 0 spiro atoms. The van der Waals surface area contributed by atoms with Gasteiger partial charge >= 0.3 is 23.9 Å². The van der Waals surface area contributed by atoms with Gasteiger partial charge in [0.1, 0.15) is 12.7 Å². The van der Waals surface area contributed by atoms with Crippen molar-refractivity contribution in [3.05, 3.63) is 156 Å². The van der Waals surface area contributed by atoms with Gasteiger partial charge in [-0.2, -0.15) is 0 Å². The van der Waals surface area contributed by atoms with Crippen LogP contribution < -0.4 is 0 Å². The lowest BCUT2D eigenvalue weighted by Crippen LogP contribution is -2.64. The molecule has 10 nitrogen and oxygen atoms in total. The van der Waals surface area contributed by atoms with Crippen molar-refractivity contribution in [2.24, 2.45) is 0 Å². The molecule has 1 fully saturated rings. The van der Waals surface area contributed by atoms with Crippen LogP contribution >= 0.6 is 0 Å². The van der Waals surface area contributed by atoms with E-state index in [1.54, 1.807) is 127 Å². The van der Waals surface area contributed by atoms with Gasteiger partial charge < -0.3 is 28.4 Å². The van der Waals surface area contributed by atoms with Gasteiger partial charge in [0.2, 0.25) is 0 Å². The molecule has 1 heterocycles. The van der Waals surface area contributed by atoms with E-state index < -0.39 is 66.8 Å². The van der Waals surface area contributed by atoms with Gasteiger partial charge in [-0.25, -0.2) is 19.2 Å². The second-order valence-electron chi connectivity index (χ2n) is 12.4. The molecule has 0 aliphatic carbocycles. The smallest absolute Gasteiger partial charge is 0.338 e. The van der Waals surface area contributed by atoms with Crippen molar-refractivity contribution in [2.75, 3.05) is 6.61 Å². The van der Waals surface area contributed by atoms with Crippen LogP contribution in [0.4, 0.5) is 0 Å². The Morgan fingerprint density at radius 2 is 1.00 bits per heavy atom. The van der Waals surface area contributed by atoms with Gasteiger partial charge in [-0.05, 0) is 75.2 Å². The molecule has 1 aliphatic rings. The van der Waals surface area contributed by atoms with Crippen LogP contribution in [0.25, 0.3) is 0 Å². The third-order valence-corrected chi connectivity index (χ3v) is 8.12. The Balaban J connectivity index is 1.58. The Hall–Kier alpha value is -5.58. The molecule has 4 aromatic carbocycles. The lowest BCUT2D eigenvalue weighted by atomic mass is 9.96. The summed E-state index contributed by atoms with van der Waals surface area (Å²) in [5, 5.41) is 0. The van der Waals surface area contributed by atoms with E-state index in [1.807, 2.05) is 13.8 Å². The molecule has 0 aromatic heterocycles. The Kier molecular flexibility index (Phi) is 12.5. The number of ether oxygens (including phenoxy) is 6. The standard InChI is InChI=1S/C41H40O10/c1-4-5-26-41(2,3)51-40-35(50-39(45)31-24-16-9-17-25-31)34(49-38(44)30-22-14-8-15-23-30)33(48-37(43)29-20-12-7-13-21-29)32(47-40)27-46-36(42)28-18-10-6-11-19-28/h4,6-25,32-35,40H,1,5,26-27H2,2-3H3/t32-,33-,34+,35-,40+/m1/s1. The second kappa shape index (κ2) is 17.4. The highest BCUT2D eigenvalue weighted by Gasteiger charge is 2.54. The first kappa shape index (κ1) is 36.7. The Bertz CT molecular complexity index is 1760. The van der Waals surface area contributed by atoms with E-state index in [0.717, 1.165) is 0 Å². The summed E-state index contributed by atoms with van der Waals surface area (Å²) in [6, 6.07) is 33.0. The number of esters is 4. The maximum absolute atomic E-state index is 13.7. The van der Waals surface area contributed by atoms with E-state index in [9.17, 15) is 19.2 Å². The minimum absolute atomic E-state index is 0.195. The fraction of sp³-hybridized carbons (Fsp3) is 0.268. The molecule has 4 aromatic rings. The average Bonchev–Trinajstić information content (AvgIpc) is 3.16. The van der Waals surface area contributed by atoms with Gasteiger partial charge in [-0.3, -0.25) is 0 Å². The van der Waals surface area contributed by atoms with Crippen LogP contribution in [0.1, 0.15) is 68.1 Å². The summed E-state index contributed by atoms with van der Waals surface area (Å²) in [6.45, 7) is 7.02. The molecule has 1 aliphatic heterocycles. The molecule has 5 atom stereocenters. The highest BCUT2D eigenvalue weighted by atomic mass is 16.7. The number of carbonyl (C=O) groups excluding carboxylic acids is 4. The van der Waals surface area contributed by atoms with E-state index in [-0.39, 0.29) is 22.3 Å². The molecule has 0 bridgehead atoms. The Morgan fingerprint density at radius 3 is 1.43 bits per heavy atom. The SMILES string of the molecule is C=CCCC(C)(C)O[C@@H]1O[C@H](COC(=O)c2ccccc2)[C@@H](OC(=O)c2ccccc2)[C@H](OC(=O)c2ccccc2)[C@H]1OC(=O)c1ccccc1. The number of rotatable bonds is 14. The molecule has 5 rings (SSSR count). The van der Waals surface area contributed by atoms with Crippen molar-refractivity contribution in [3.63, 3.8) is 0 Å². The fourth-order valence-electron chi connectivity index (χ4n) is 5.45. The third-order valence-electron chi connectivity index (χ3n) is 8.12. The van der Waals surface area contributed by atoms with Crippen molar-refractivity contribution in [1.29, 1.82) is 0 Å². The fourth-order valence-corrected chi connectivity index (χ4v) is 5.45.